The van der Waals surface area contributed by atoms with Crippen LogP contribution in [0, 0.1) is 0 Å². The molecule has 1 aromatic carbocycles. The summed E-state index contributed by atoms with van der Waals surface area (Å²) in [7, 11) is 2.02. The highest BCUT2D eigenvalue weighted by molar-refractivity contribution is 14.0. The first-order chi connectivity index (χ1) is 12.6. The normalized spacial score (nSPS) is 11.7. The van der Waals surface area contributed by atoms with Crippen molar-refractivity contribution in [1.29, 1.82) is 0 Å². The molecule has 2 aromatic heterocycles. The second-order valence-electron chi connectivity index (χ2n) is 6.50. The van der Waals surface area contributed by atoms with Crippen molar-refractivity contribution in [2.45, 2.75) is 39.8 Å². The lowest BCUT2D eigenvalue weighted by molar-refractivity contribution is 0.372. The molecule has 0 aliphatic rings. The number of imidazole rings is 1. The Bertz CT molecular complexity index is 899. The Morgan fingerprint density at radius 2 is 2.04 bits per heavy atom. The Balaban J connectivity index is 0.00000261. The fraction of sp³-hybridized carbons (Fsp3) is 0.421. The minimum atomic E-state index is 0. The topological polar surface area (TPSA) is 80.3 Å². The van der Waals surface area contributed by atoms with Crippen molar-refractivity contribution in [3.05, 3.63) is 47.6 Å². The Kier molecular flexibility index (Phi) is 7.64. The van der Waals surface area contributed by atoms with Gasteiger partial charge in [0.15, 0.2) is 11.7 Å². The summed E-state index contributed by atoms with van der Waals surface area (Å²) >= 11 is 0. The standard InChI is InChI=1S/C19H26N6O.HI/c1-5-20-19(21-11-14-10-16(13(2)3)24-26-14)22-12-18-23-15-8-6-7-9-17(15)25(18)4;/h6-10,13H,5,11-12H2,1-4H3,(H2,20,21,22);1H. The van der Waals surface area contributed by atoms with Gasteiger partial charge >= 0.3 is 0 Å². The van der Waals surface area contributed by atoms with Crippen molar-refractivity contribution >= 4 is 41.0 Å². The van der Waals surface area contributed by atoms with E-state index in [4.69, 9.17) is 4.52 Å². The summed E-state index contributed by atoms with van der Waals surface area (Å²) < 4.78 is 7.44. The van der Waals surface area contributed by atoms with Crippen LogP contribution in [0.3, 0.4) is 0 Å². The van der Waals surface area contributed by atoms with E-state index in [9.17, 15) is 0 Å². The summed E-state index contributed by atoms with van der Waals surface area (Å²) in [6, 6.07) is 10.1. The number of nitrogens with zero attached hydrogens (tertiary/aromatic N) is 4. The highest BCUT2D eigenvalue weighted by Crippen LogP contribution is 2.15. The summed E-state index contributed by atoms with van der Waals surface area (Å²) in [4.78, 5) is 9.30. The van der Waals surface area contributed by atoms with Crippen LogP contribution in [-0.2, 0) is 20.1 Å². The van der Waals surface area contributed by atoms with Gasteiger partial charge in [0.05, 0.1) is 23.3 Å². The maximum Gasteiger partial charge on any atom is 0.192 e. The number of rotatable bonds is 6. The molecule has 0 bridgehead atoms. The van der Waals surface area contributed by atoms with E-state index in [0.29, 0.717) is 19.0 Å². The van der Waals surface area contributed by atoms with Crippen LogP contribution >= 0.6 is 24.0 Å². The zero-order valence-electron chi connectivity index (χ0n) is 16.2. The van der Waals surface area contributed by atoms with Crippen LogP contribution < -0.4 is 10.6 Å². The fourth-order valence-corrected chi connectivity index (χ4v) is 2.68. The van der Waals surface area contributed by atoms with Gasteiger partial charge in [-0.15, -0.1) is 24.0 Å². The number of para-hydroxylation sites is 2. The molecule has 0 aliphatic carbocycles. The molecule has 0 saturated carbocycles. The van der Waals surface area contributed by atoms with Gasteiger partial charge in [-0.1, -0.05) is 31.1 Å². The van der Waals surface area contributed by atoms with Crippen LogP contribution in [0.4, 0.5) is 0 Å². The van der Waals surface area contributed by atoms with E-state index in [2.05, 4.69) is 50.2 Å². The smallest absolute Gasteiger partial charge is 0.192 e. The van der Waals surface area contributed by atoms with Gasteiger partial charge in [0, 0.05) is 19.7 Å². The van der Waals surface area contributed by atoms with E-state index in [1.54, 1.807) is 0 Å². The number of aromatic nitrogens is 3. The van der Waals surface area contributed by atoms with Crippen molar-refractivity contribution in [2.24, 2.45) is 12.0 Å². The van der Waals surface area contributed by atoms with Crippen LogP contribution in [0.15, 0.2) is 39.8 Å². The van der Waals surface area contributed by atoms with Crippen LogP contribution in [-0.4, -0.2) is 27.2 Å². The number of hydrogen-bond donors (Lipinski definition) is 2. The first-order valence-electron chi connectivity index (χ1n) is 8.96. The zero-order chi connectivity index (χ0) is 18.5. The van der Waals surface area contributed by atoms with E-state index in [-0.39, 0.29) is 24.0 Å². The third-order valence-electron chi connectivity index (χ3n) is 4.20. The van der Waals surface area contributed by atoms with E-state index in [1.807, 2.05) is 38.2 Å². The summed E-state index contributed by atoms with van der Waals surface area (Å²) in [6.45, 7) is 8.04. The van der Waals surface area contributed by atoms with E-state index < -0.39 is 0 Å². The summed E-state index contributed by atoms with van der Waals surface area (Å²) in [5.74, 6) is 2.79. The third kappa shape index (κ3) is 5.21. The molecule has 0 saturated heterocycles. The van der Waals surface area contributed by atoms with Crippen molar-refractivity contribution in [3.8, 4) is 0 Å². The minimum absolute atomic E-state index is 0. The molecule has 0 fully saturated rings. The number of guanidine groups is 1. The second kappa shape index (κ2) is 9.72. The first-order valence-corrected chi connectivity index (χ1v) is 8.96. The van der Waals surface area contributed by atoms with Gasteiger partial charge < -0.3 is 19.7 Å². The molecule has 2 N–H and O–H groups in total. The van der Waals surface area contributed by atoms with Crippen molar-refractivity contribution < 1.29 is 4.52 Å². The quantitative estimate of drug-likeness (QED) is 0.319. The number of aryl methyl sites for hydroxylation is 1. The summed E-state index contributed by atoms with van der Waals surface area (Å²) in [6.07, 6.45) is 0. The SMILES string of the molecule is CCNC(=NCc1nc2ccccc2n1C)NCc1cc(C(C)C)no1.I. The number of fused-ring (bicyclic) bond motifs is 1. The number of hydrogen-bond acceptors (Lipinski definition) is 4. The molecule has 0 aliphatic heterocycles. The largest absolute Gasteiger partial charge is 0.359 e. The monoisotopic (exact) mass is 482 g/mol. The molecule has 0 unspecified atom stereocenters. The predicted octanol–water partition coefficient (Wildman–Crippen LogP) is 3.56. The van der Waals surface area contributed by atoms with Crippen molar-refractivity contribution in [1.82, 2.24) is 25.3 Å². The number of halogens is 1. The minimum Gasteiger partial charge on any atom is -0.359 e. The maximum atomic E-state index is 5.36. The molecule has 0 amide bonds. The molecule has 7 nitrogen and oxygen atoms in total. The molecule has 0 radical (unpaired) electrons. The van der Waals surface area contributed by atoms with Gasteiger partial charge in [-0.3, -0.25) is 0 Å². The first kappa shape index (κ1) is 21.2. The zero-order valence-corrected chi connectivity index (χ0v) is 18.5. The lowest BCUT2D eigenvalue weighted by Crippen LogP contribution is -2.36. The molecule has 146 valence electrons. The average Bonchev–Trinajstić information content (AvgIpc) is 3.23. The van der Waals surface area contributed by atoms with Gasteiger partial charge in [0.1, 0.15) is 12.4 Å². The van der Waals surface area contributed by atoms with Crippen LogP contribution in [0.25, 0.3) is 11.0 Å². The Labute approximate surface area is 176 Å². The highest BCUT2D eigenvalue weighted by Gasteiger charge is 2.09. The fourth-order valence-electron chi connectivity index (χ4n) is 2.68. The van der Waals surface area contributed by atoms with Crippen LogP contribution in [0.5, 0.6) is 0 Å². The number of nitrogens with one attached hydrogen (secondary N) is 2. The molecule has 27 heavy (non-hydrogen) atoms. The Morgan fingerprint density at radius 3 is 2.70 bits per heavy atom. The lowest BCUT2D eigenvalue weighted by atomic mass is 10.1. The van der Waals surface area contributed by atoms with Crippen molar-refractivity contribution in [2.75, 3.05) is 6.54 Å². The van der Waals surface area contributed by atoms with E-state index in [0.717, 1.165) is 40.8 Å². The lowest BCUT2D eigenvalue weighted by Gasteiger charge is -2.09. The number of aliphatic imine (C=N–C) groups is 1. The van der Waals surface area contributed by atoms with E-state index in [1.165, 1.54) is 0 Å². The number of benzene rings is 1. The second-order valence-corrected chi connectivity index (χ2v) is 6.50. The Hall–Kier alpha value is -2.10. The summed E-state index contributed by atoms with van der Waals surface area (Å²) in [5, 5.41) is 10.6. The molecule has 2 heterocycles. The Morgan fingerprint density at radius 1 is 1.26 bits per heavy atom. The van der Waals surface area contributed by atoms with E-state index >= 15 is 0 Å². The maximum absolute atomic E-state index is 5.36. The van der Waals surface area contributed by atoms with Crippen molar-refractivity contribution in [3.63, 3.8) is 0 Å². The van der Waals surface area contributed by atoms with Crippen LogP contribution in [0.1, 0.15) is 44.0 Å². The summed E-state index contributed by atoms with van der Waals surface area (Å²) in [5.41, 5.74) is 3.06. The van der Waals surface area contributed by atoms with Gasteiger partial charge in [0.2, 0.25) is 0 Å². The molecular formula is C19H27IN6O. The van der Waals surface area contributed by atoms with Gasteiger partial charge in [-0.2, -0.15) is 0 Å². The van der Waals surface area contributed by atoms with Gasteiger partial charge in [0.25, 0.3) is 0 Å². The molecule has 0 atom stereocenters. The molecular weight excluding hydrogens is 455 g/mol. The molecule has 3 aromatic rings. The average molecular weight is 482 g/mol. The molecule has 0 spiro atoms. The highest BCUT2D eigenvalue weighted by atomic mass is 127. The predicted molar refractivity (Wildman–Crippen MR) is 118 cm³/mol. The third-order valence-corrected chi connectivity index (χ3v) is 4.20. The molecule has 8 heteroatoms. The van der Waals surface area contributed by atoms with Gasteiger partial charge in [-0.05, 0) is 25.0 Å². The van der Waals surface area contributed by atoms with Crippen LogP contribution in [0.2, 0.25) is 0 Å². The molecule has 3 rings (SSSR count). The van der Waals surface area contributed by atoms with Gasteiger partial charge in [-0.25, -0.2) is 9.98 Å².